The molecule has 0 bridgehead atoms. The van der Waals surface area contributed by atoms with Crippen molar-refractivity contribution in [1.29, 1.82) is 0 Å². The molecule has 0 saturated heterocycles. The first-order valence-electron chi connectivity index (χ1n) is 8.97. The Morgan fingerprint density at radius 1 is 1.12 bits per heavy atom. The van der Waals surface area contributed by atoms with E-state index in [9.17, 15) is 14.4 Å². The first-order chi connectivity index (χ1) is 12.4. The van der Waals surface area contributed by atoms with E-state index in [1.54, 1.807) is 25.1 Å². The molecule has 1 aliphatic carbocycles. The lowest BCUT2D eigenvalue weighted by molar-refractivity contribution is -0.129. The van der Waals surface area contributed by atoms with Gasteiger partial charge in [-0.3, -0.25) is 14.4 Å². The Morgan fingerprint density at radius 2 is 1.81 bits per heavy atom. The summed E-state index contributed by atoms with van der Waals surface area (Å²) >= 11 is 0. The lowest BCUT2D eigenvalue weighted by atomic mass is 9.88. The van der Waals surface area contributed by atoms with Crippen LogP contribution in [0.1, 0.15) is 46.0 Å². The van der Waals surface area contributed by atoms with Crippen molar-refractivity contribution in [1.82, 2.24) is 5.32 Å². The number of methoxy groups -OCH3 is 1. The van der Waals surface area contributed by atoms with Gasteiger partial charge in [-0.25, -0.2) is 0 Å². The van der Waals surface area contributed by atoms with Crippen LogP contribution in [0.15, 0.2) is 18.2 Å². The van der Waals surface area contributed by atoms with E-state index in [2.05, 4.69) is 16.0 Å². The number of rotatable bonds is 6. The molecule has 0 unspecified atom stereocenters. The van der Waals surface area contributed by atoms with Crippen molar-refractivity contribution in [3.05, 3.63) is 18.2 Å². The normalized spacial score (nSPS) is 15.7. The number of carbonyl (C=O) groups is 3. The Bertz CT molecular complexity index is 669. The van der Waals surface area contributed by atoms with E-state index in [0.717, 1.165) is 25.7 Å². The Morgan fingerprint density at radius 3 is 2.42 bits per heavy atom. The molecule has 1 aliphatic rings. The van der Waals surface area contributed by atoms with Gasteiger partial charge in [0.15, 0.2) is 0 Å². The zero-order valence-corrected chi connectivity index (χ0v) is 15.6. The predicted molar refractivity (Wildman–Crippen MR) is 100 cm³/mol. The van der Waals surface area contributed by atoms with Crippen LogP contribution in [0.2, 0.25) is 0 Å². The summed E-state index contributed by atoms with van der Waals surface area (Å²) in [5.74, 6) is -0.0998. The number of amides is 3. The standard InChI is InChI=1S/C19H27N3O4/c1-12(20-19(25)14-7-5-4-6-8-14)18(24)22-15-9-10-17(26-3)16(11-15)21-13(2)23/h9-12,14H,4-8H2,1-3H3,(H,20,25)(H,21,23)(H,22,24)/t12-/m1/s1. The SMILES string of the molecule is COc1ccc(NC(=O)[C@@H](C)NC(=O)C2CCCCC2)cc1NC(C)=O. The van der Waals surface area contributed by atoms with Gasteiger partial charge in [-0.15, -0.1) is 0 Å². The minimum atomic E-state index is -0.643. The van der Waals surface area contributed by atoms with E-state index in [1.807, 2.05) is 0 Å². The van der Waals surface area contributed by atoms with Gasteiger partial charge in [0.1, 0.15) is 11.8 Å². The fourth-order valence-electron chi connectivity index (χ4n) is 3.09. The molecule has 2 rings (SSSR count). The summed E-state index contributed by atoms with van der Waals surface area (Å²) in [6.45, 7) is 3.06. The van der Waals surface area contributed by atoms with E-state index in [-0.39, 0.29) is 23.6 Å². The summed E-state index contributed by atoms with van der Waals surface area (Å²) in [4.78, 5) is 35.9. The highest BCUT2D eigenvalue weighted by Gasteiger charge is 2.24. The number of ether oxygens (including phenoxy) is 1. The first kappa shape index (κ1) is 19.8. The van der Waals surface area contributed by atoms with E-state index in [4.69, 9.17) is 4.74 Å². The third-order valence-corrected chi connectivity index (χ3v) is 4.51. The largest absolute Gasteiger partial charge is 0.495 e. The number of hydrogen-bond donors (Lipinski definition) is 3. The van der Waals surface area contributed by atoms with Crippen LogP contribution in [-0.2, 0) is 14.4 Å². The molecule has 1 aromatic carbocycles. The highest BCUT2D eigenvalue weighted by Crippen LogP contribution is 2.28. The van der Waals surface area contributed by atoms with Gasteiger partial charge in [-0.05, 0) is 38.0 Å². The zero-order valence-electron chi connectivity index (χ0n) is 15.6. The van der Waals surface area contributed by atoms with Crippen LogP contribution in [0, 0.1) is 5.92 Å². The Kier molecular flexibility index (Phi) is 7.00. The van der Waals surface area contributed by atoms with Gasteiger partial charge >= 0.3 is 0 Å². The van der Waals surface area contributed by atoms with Crippen molar-refractivity contribution in [3.8, 4) is 5.75 Å². The van der Waals surface area contributed by atoms with E-state index >= 15 is 0 Å². The lowest BCUT2D eigenvalue weighted by Gasteiger charge is -2.23. The van der Waals surface area contributed by atoms with Gasteiger partial charge in [-0.1, -0.05) is 19.3 Å². The maximum atomic E-state index is 12.4. The molecular formula is C19H27N3O4. The fourth-order valence-corrected chi connectivity index (χ4v) is 3.09. The third kappa shape index (κ3) is 5.47. The monoisotopic (exact) mass is 361 g/mol. The molecule has 0 aliphatic heterocycles. The molecular weight excluding hydrogens is 334 g/mol. The quantitative estimate of drug-likeness (QED) is 0.726. The number of benzene rings is 1. The number of hydrogen-bond acceptors (Lipinski definition) is 4. The topological polar surface area (TPSA) is 96.5 Å². The molecule has 3 N–H and O–H groups in total. The molecule has 7 heteroatoms. The van der Waals surface area contributed by atoms with Crippen LogP contribution >= 0.6 is 0 Å². The molecule has 0 radical (unpaired) electrons. The molecule has 0 heterocycles. The second-order valence-electron chi connectivity index (χ2n) is 6.65. The summed E-state index contributed by atoms with van der Waals surface area (Å²) in [5.41, 5.74) is 0.981. The van der Waals surface area contributed by atoms with Crippen molar-refractivity contribution < 1.29 is 19.1 Å². The summed E-state index contributed by atoms with van der Waals surface area (Å²) in [6.07, 6.45) is 5.08. The Hall–Kier alpha value is -2.57. The molecule has 0 aromatic heterocycles. The first-order valence-corrected chi connectivity index (χ1v) is 8.97. The van der Waals surface area contributed by atoms with Gasteiger partial charge in [0, 0.05) is 18.5 Å². The second kappa shape index (κ2) is 9.22. The molecule has 1 saturated carbocycles. The summed E-state index contributed by atoms with van der Waals surface area (Å²) < 4.78 is 5.19. The minimum Gasteiger partial charge on any atom is -0.495 e. The van der Waals surface area contributed by atoms with Gasteiger partial charge < -0.3 is 20.7 Å². The number of anilines is 2. The van der Waals surface area contributed by atoms with Crippen molar-refractivity contribution in [2.45, 2.75) is 52.0 Å². The second-order valence-corrected chi connectivity index (χ2v) is 6.65. The number of nitrogens with one attached hydrogen (secondary N) is 3. The lowest BCUT2D eigenvalue weighted by Crippen LogP contribution is -2.44. The highest BCUT2D eigenvalue weighted by atomic mass is 16.5. The molecule has 7 nitrogen and oxygen atoms in total. The highest BCUT2D eigenvalue weighted by molar-refractivity contribution is 5.98. The van der Waals surface area contributed by atoms with Crippen LogP contribution < -0.4 is 20.7 Å². The molecule has 26 heavy (non-hydrogen) atoms. The Balaban J connectivity index is 1.97. The van der Waals surface area contributed by atoms with Crippen molar-refractivity contribution in [3.63, 3.8) is 0 Å². The van der Waals surface area contributed by atoms with Crippen LogP contribution in [-0.4, -0.2) is 30.9 Å². The van der Waals surface area contributed by atoms with E-state index in [1.165, 1.54) is 20.5 Å². The van der Waals surface area contributed by atoms with Crippen molar-refractivity contribution >= 4 is 29.1 Å². The molecule has 1 aromatic rings. The van der Waals surface area contributed by atoms with Gasteiger partial charge in [0.2, 0.25) is 17.7 Å². The average molecular weight is 361 g/mol. The van der Waals surface area contributed by atoms with E-state index < -0.39 is 6.04 Å². The van der Waals surface area contributed by atoms with Crippen LogP contribution in [0.5, 0.6) is 5.75 Å². The maximum absolute atomic E-state index is 12.4. The molecule has 0 spiro atoms. The molecule has 142 valence electrons. The smallest absolute Gasteiger partial charge is 0.246 e. The summed E-state index contributed by atoms with van der Waals surface area (Å²) in [6, 6.07) is 4.31. The third-order valence-electron chi connectivity index (χ3n) is 4.51. The summed E-state index contributed by atoms with van der Waals surface area (Å²) in [5, 5.41) is 8.21. The van der Waals surface area contributed by atoms with Gasteiger partial charge in [0.05, 0.1) is 12.8 Å². The van der Waals surface area contributed by atoms with Crippen molar-refractivity contribution in [2.24, 2.45) is 5.92 Å². The van der Waals surface area contributed by atoms with E-state index in [0.29, 0.717) is 17.1 Å². The van der Waals surface area contributed by atoms with Crippen LogP contribution in [0.25, 0.3) is 0 Å². The maximum Gasteiger partial charge on any atom is 0.246 e. The summed E-state index contributed by atoms with van der Waals surface area (Å²) in [7, 11) is 1.50. The Labute approximate surface area is 153 Å². The zero-order chi connectivity index (χ0) is 19.1. The average Bonchev–Trinajstić information content (AvgIpc) is 2.62. The molecule has 1 fully saturated rings. The number of carbonyl (C=O) groups excluding carboxylic acids is 3. The minimum absolute atomic E-state index is 0.00588. The van der Waals surface area contributed by atoms with Gasteiger partial charge in [-0.2, -0.15) is 0 Å². The predicted octanol–water partition coefficient (Wildman–Crippen LogP) is 2.68. The van der Waals surface area contributed by atoms with Crippen molar-refractivity contribution in [2.75, 3.05) is 17.7 Å². The fraction of sp³-hybridized carbons (Fsp3) is 0.526. The van der Waals surface area contributed by atoms with Crippen LogP contribution in [0.3, 0.4) is 0 Å². The van der Waals surface area contributed by atoms with Crippen LogP contribution in [0.4, 0.5) is 11.4 Å². The molecule has 1 atom stereocenters. The van der Waals surface area contributed by atoms with Gasteiger partial charge in [0.25, 0.3) is 0 Å². The molecule has 3 amide bonds.